The molecule has 2 N–H and O–H groups in total. The standard InChI is InChI=1S/C23H35N5O3/c1-28(2)20-12-13-25-23(27-20)26-18-9-6-16(7-10-18)14-24-15-17-8-11-19(29-3)22(31-5)21(17)30-4/h8,11-13,16,18,24H,6-7,9-10,14-15H2,1-5H3,(H,25,26,27). The minimum Gasteiger partial charge on any atom is -0.493 e. The lowest BCUT2D eigenvalue weighted by Gasteiger charge is -2.29. The zero-order valence-corrected chi connectivity index (χ0v) is 19.3. The SMILES string of the molecule is COc1ccc(CNCC2CCC(Nc3nccc(N(C)C)n3)CC2)c(OC)c1OC. The number of benzene rings is 1. The predicted molar refractivity (Wildman–Crippen MR) is 124 cm³/mol. The van der Waals surface area contributed by atoms with Gasteiger partial charge in [-0.1, -0.05) is 6.07 Å². The van der Waals surface area contributed by atoms with Crippen LogP contribution in [0.25, 0.3) is 0 Å². The first-order valence-corrected chi connectivity index (χ1v) is 10.8. The van der Waals surface area contributed by atoms with E-state index >= 15 is 0 Å². The van der Waals surface area contributed by atoms with Crippen molar-refractivity contribution in [1.29, 1.82) is 0 Å². The molecule has 0 aliphatic heterocycles. The third-order valence-electron chi connectivity index (χ3n) is 5.81. The van der Waals surface area contributed by atoms with E-state index in [9.17, 15) is 0 Å². The van der Waals surface area contributed by atoms with Crippen LogP contribution in [0.15, 0.2) is 24.4 Å². The van der Waals surface area contributed by atoms with Gasteiger partial charge in [0.2, 0.25) is 11.7 Å². The molecule has 8 heteroatoms. The average molecular weight is 430 g/mol. The molecule has 0 radical (unpaired) electrons. The maximum Gasteiger partial charge on any atom is 0.224 e. The van der Waals surface area contributed by atoms with Gasteiger partial charge in [-0.25, -0.2) is 4.98 Å². The molecule has 3 rings (SSSR count). The van der Waals surface area contributed by atoms with Crippen LogP contribution in [0.5, 0.6) is 17.2 Å². The van der Waals surface area contributed by atoms with E-state index in [1.165, 1.54) is 12.8 Å². The fourth-order valence-electron chi connectivity index (χ4n) is 4.07. The van der Waals surface area contributed by atoms with Crippen LogP contribution >= 0.6 is 0 Å². The van der Waals surface area contributed by atoms with Gasteiger partial charge in [-0.3, -0.25) is 0 Å². The summed E-state index contributed by atoms with van der Waals surface area (Å²) in [5.41, 5.74) is 1.06. The van der Waals surface area contributed by atoms with Crippen molar-refractivity contribution in [3.05, 3.63) is 30.0 Å². The smallest absolute Gasteiger partial charge is 0.224 e. The van der Waals surface area contributed by atoms with Crippen molar-refractivity contribution in [2.45, 2.75) is 38.3 Å². The van der Waals surface area contributed by atoms with E-state index in [1.807, 2.05) is 43.4 Å². The molecule has 1 aliphatic rings. The average Bonchev–Trinajstić information content (AvgIpc) is 2.79. The van der Waals surface area contributed by atoms with Gasteiger partial charge >= 0.3 is 0 Å². The van der Waals surface area contributed by atoms with E-state index in [1.54, 1.807) is 21.3 Å². The first-order chi connectivity index (χ1) is 15.0. The third-order valence-corrected chi connectivity index (χ3v) is 5.81. The van der Waals surface area contributed by atoms with Crippen molar-refractivity contribution < 1.29 is 14.2 Å². The van der Waals surface area contributed by atoms with E-state index in [-0.39, 0.29) is 0 Å². The van der Waals surface area contributed by atoms with Crippen LogP contribution in [0.4, 0.5) is 11.8 Å². The highest BCUT2D eigenvalue weighted by Crippen LogP contribution is 2.39. The Hall–Kier alpha value is -2.74. The molecule has 8 nitrogen and oxygen atoms in total. The van der Waals surface area contributed by atoms with Crippen LogP contribution in [-0.4, -0.2) is 58.0 Å². The van der Waals surface area contributed by atoms with Crippen LogP contribution in [0.1, 0.15) is 31.2 Å². The van der Waals surface area contributed by atoms with E-state index in [0.717, 1.165) is 43.1 Å². The van der Waals surface area contributed by atoms with Crippen molar-refractivity contribution in [3.8, 4) is 17.2 Å². The summed E-state index contributed by atoms with van der Waals surface area (Å²) < 4.78 is 16.4. The Morgan fingerprint density at radius 1 is 0.968 bits per heavy atom. The summed E-state index contributed by atoms with van der Waals surface area (Å²) in [5, 5.41) is 7.10. The maximum atomic E-state index is 5.58. The van der Waals surface area contributed by atoms with Crippen molar-refractivity contribution >= 4 is 11.8 Å². The molecular formula is C23H35N5O3. The Bertz CT molecular complexity index is 838. The van der Waals surface area contributed by atoms with Crippen molar-refractivity contribution in [2.75, 3.05) is 52.2 Å². The molecule has 0 amide bonds. The second-order valence-corrected chi connectivity index (χ2v) is 8.12. The first-order valence-electron chi connectivity index (χ1n) is 10.8. The number of ether oxygens (including phenoxy) is 3. The monoisotopic (exact) mass is 429 g/mol. The highest BCUT2D eigenvalue weighted by atomic mass is 16.5. The number of hydrogen-bond acceptors (Lipinski definition) is 8. The summed E-state index contributed by atoms with van der Waals surface area (Å²) in [6, 6.07) is 6.29. The number of hydrogen-bond donors (Lipinski definition) is 2. The topological polar surface area (TPSA) is 80.8 Å². The number of methoxy groups -OCH3 is 3. The summed E-state index contributed by atoms with van der Waals surface area (Å²) in [7, 11) is 8.90. The van der Waals surface area contributed by atoms with E-state index in [0.29, 0.717) is 29.4 Å². The number of rotatable bonds is 10. The molecule has 170 valence electrons. The molecular weight excluding hydrogens is 394 g/mol. The Morgan fingerprint density at radius 2 is 1.71 bits per heavy atom. The fraction of sp³-hybridized carbons (Fsp3) is 0.565. The predicted octanol–water partition coefficient (Wildman–Crippen LogP) is 3.33. The molecule has 1 aromatic heterocycles. The summed E-state index contributed by atoms with van der Waals surface area (Å²) in [4.78, 5) is 10.9. The molecule has 1 fully saturated rings. The van der Waals surface area contributed by atoms with Crippen molar-refractivity contribution in [3.63, 3.8) is 0 Å². The quantitative estimate of drug-likeness (QED) is 0.595. The van der Waals surface area contributed by atoms with Gasteiger partial charge < -0.3 is 29.7 Å². The van der Waals surface area contributed by atoms with Crippen LogP contribution in [0.3, 0.4) is 0 Å². The molecule has 0 spiro atoms. The molecule has 1 saturated carbocycles. The first kappa shape index (κ1) is 22.9. The Labute approximate surface area is 185 Å². The summed E-state index contributed by atoms with van der Waals surface area (Å²) in [5.74, 6) is 4.33. The van der Waals surface area contributed by atoms with E-state index in [2.05, 4.69) is 20.6 Å². The van der Waals surface area contributed by atoms with Gasteiger partial charge in [-0.2, -0.15) is 4.98 Å². The van der Waals surface area contributed by atoms with Gasteiger partial charge in [0.15, 0.2) is 11.5 Å². The minimum absolute atomic E-state index is 0.430. The van der Waals surface area contributed by atoms with Crippen molar-refractivity contribution in [1.82, 2.24) is 15.3 Å². The van der Waals surface area contributed by atoms with Gasteiger partial charge in [-0.15, -0.1) is 0 Å². The second-order valence-electron chi connectivity index (χ2n) is 8.12. The molecule has 1 aromatic carbocycles. The number of nitrogens with zero attached hydrogens (tertiary/aromatic N) is 3. The van der Waals surface area contributed by atoms with Gasteiger partial charge in [0, 0.05) is 38.4 Å². The van der Waals surface area contributed by atoms with E-state index in [4.69, 9.17) is 14.2 Å². The number of nitrogens with one attached hydrogen (secondary N) is 2. The summed E-state index contributed by atoms with van der Waals surface area (Å²) in [6.07, 6.45) is 6.42. The molecule has 2 aromatic rings. The normalized spacial score (nSPS) is 18.4. The van der Waals surface area contributed by atoms with Crippen LogP contribution in [0, 0.1) is 5.92 Å². The zero-order valence-electron chi connectivity index (χ0n) is 19.3. The summed E-state index contributed by atoms with van der Waals surface area (Å²) >= 11 is 0. The highest BCUT2D eigenvalue weighted by molar-refractivity contribution is 5.55. The molecule has 1 heterocycles. The molecule has 31 heavy (non-hydrogen) atoms. The minimum atomic E-state index is 0.430. The van der Waals surface area contributed by atoms with Gasteiger partial charge in [-0.05, 0) is 50.3 Å². The lowest BCUT2D eigenvalue weighted by atomic mass is 9.86. The maximum absolute atomic E-state index is 5.58. The van der Waals surface area contributed by atoms with Crippen LogP contribution in [-0.2, 0) is 6.54 Å². The van der Waals surface area contributed by atoms with Crippen LogP contribution < -0.4 is 29.7 Å². The van der Waals surface area contributed by atoms with Gasteiger partial charge in [0.1, 0.15) is 5.82 Å². The third kappa shape index (κ3) is 5.91. The summed E-state index contributed by atoms with van der Waals surface area (Å²) in [6.45, 7) is 1.71. The largest absolute Gasteiger partial charge is 0.493 e. The molecule has 1 aliphatic carbocycles. The molecule has 0 bridgehead atoms. The van der Waals surface area contributed by atoms with Gasteiger partial charge in [0.25, 0.3) is 0 Å². The molecule has 0 atom stereocenters. The van der Waals surface area contributed by atoms with Gasteiger partial charge in [0.05, 0.1) is 21.3 Å². The molecule has 0 saturated heterocycles. The second kappa shape index (κ2) is 11.0. The number of aromatic nitrogens is 2. The lowest BCUT2D eigenvalue weighted by Crippen LogP contribution is -2.31. The van der Waals surface area contributed by atoms with Crippen molar-refractivity contribution in [2.24, 2.45) is 5.92 Å². The Kier molecular flexibility index (Phi) is 8.17. The fourth-order valence-corrected chi connectivity index (χ4v) is 4.07. The number of anilines is 2. The zero-order chi connectivity index (χ0) is 22.2. The molecule has 0 unspecified atom stereocenters. The van der Waals surface area contributed by atoms with E-state index < -0.39 is 0 Å². The Morgan fingerprint density at radius 3 is 2.35 bits per heavy atom. The Balaban J connectivity index is 1.46. The lowest BCUT2D eigenvalue weighted by molar-refractivity contribution is 0.315. The van der Waals surface area contributed by atoms with Crippen LogP contribution in [0.2, 0.25) is 0 Å². The highest BCUT2D eigenvalue weighted by Gasteiger charge is 2.22.